The Morgan fingerprint density at radius 2 is 2.24 bits per heavy atom. The van der Waals surface area contributed by atoms with Crippen molar-refractivity contribution in [3.63, 3.8) is 0 Å². The molecule has 9 heteroatoms. The summed E-state index contributed by atoms with van der Waals surface area (Å²) < 4.78 is 5.13. The molecule has 1 aliphatic heterocycles. The van der Waals surface area contributed by atoms with Crippen LogP contribution in [0.1, 0.15) is 0 Å². The summed E-state index contributed by atoms with van der Waals surface area (Å²) >= 11 is 0. The van der Waals surface area contributed by atoms with E-state index in [4.69, 9.17) is 9.84 Å². The van der Waals surface area contributed by atoms with Crippen LogP contribution < -0.4 is 10.9 Å². The molecule has 94 valence electrons. The topological polar surface area (TPSA) is 141 Å². The summed E-state index contributed by atoms with van der Waals surface area (Å²) in [5.41, 5.74) is -0.479. The normalized spacial score (nSPS) is 32.6. The number of anilines is 1. The van der Waals surface area contributed by atoms with E-state index in [1.54, 1.807) is 0 Å². The third kappa shape index (κ3) is 2.26. The second kappa shape index (κ2) is 4.75. The molecule has 1 aliphatic rings. The van der Waals surface area contributed by atoms with Crippen LogP contribution in [0.2, 0.25) is 0 Å². The molecule has 2 heterocycles. The van der Waals surface area contributed by atoms with Gasteiger partial charge in [0.2, 0.25) is 0 Å². The molecule has 9 nitrogen and oxygen atoms in total. The van der Waals surface area contributed by atoms with Crippen molar-refractivity contribution in [2.45, 2.75) is 24.5 Å². The van der Waals surface area contributed by atoms with Gasteiger partial charge in [0, 0.05) is 0 Å². The summed E-state index contributed by atoms with van der Waals surface area (Å²) in [6.45, 7) is -0.429. The first-order chi connectivity index (χ1) is 8.13. The Morgan fingerprint density at radius 1 is 1.47 bits per heavy atom. The maximum Gasteiger partial charge on any atom is 0.290 e. The highest BCUT2D eigenvalue weighted by atomic mass is 16.6. The highest BCUT2D eigenvalue weighted by Crippen LogP contribution is 2.21. The van der Waals surface area contributed by atoms with Gasteiger partial charge in [-0.3, -0.25) is 4.79 Å². The van der Waals surface area contributed by atoms with Gasteiger partial charge in [-0.25, -0.2) is 5.10 Å². The van der Waals surface area contributed by atoms with Crippen molar-refractivity contribution in [2.75, 3.05) is 11.9 Å². The zero-order valence-electron chi connectivity index (χ0n) is 8.65. The van der Waals surface area contributed by atoms with Gasteiger partial charge in [-0.1, -0.05) is 5.21 Å². The van der Waals surface area contributed by atoms with Crippen LogP contribution in [0.15, 0.2) is 11.0 Å². The van der Waals surface area contributed by atoms with Crippen LogP contribution >= 0.6 is 0 Å². The van der Waals surface area contributed by atoms with E-state index in [0.717, 1.165) is 6.20 Å². The molecular weight excluding hydrogens is 232 g/mol. The van der Waals surface area contributed by atoms with Gasteiger partial charge in [-0.15, -0.1) is 5.10 Å². The fourth-order valence-corrected chi connectivity index (χ4v) is 1.55. The summed E-state index contributed by atoms with van der Waals surface area (Å²) in [5, 5.41) is 39.4. The third-order valence-electron chi connectivity index (χ3n) is 2.48. The molecule has 1 aromatic rings. The molecule has 0 amide bonds. The van der Waals surface area contributed by atoms with Gasteiger partial charge >= 0.3 is 0 Å². The lowest BCUT2D eigenvalue weighted by atomic mass is 10.1. The second-order valence-electron chi connectivity index (χ2n) is 3.60. The van der Waals surface area contributed by atoms with Gasteiger partial charge in [0.05, 0.1) is 12.8 Å². The van der Waals surface area contributed by atoms with E-state index < -0.39 is 36.7 Å². The maximum atomic E-state index is 11.3. The zero-order chi connectivity index (χ0) is 12.4. The second-order valence-corrected chi connectivity index (χ2v) is 3.60. The Kier molecular flexibility index (Phi) is 3.33. The predicted octanol–water partition coefficient (Wildman–Crippen LogP) is -2.98. The molecule has 0 radical (unpaired) electrons. The number of hydrogen-bond donors (Lipinski definition) is 5. The minimum absolute atomic E-state index is 0.0508. The lowest BCUT2D eigenvalue weighted by molar-refractivity contribution is -0.0153. The fourth-order valence-electron chi connectivity index (χ4n) is 1.55. The first-order valence-corrected chi connectivity index (χ1v) is 4.93. The molecule has 5 N–H and O–H groups in total. The number of aliphatic hydroxyl groups is 3. The molecule has 1 unspecified atom stereocenters. The molecular formula is C8H12N4O5. The van der Waals surface area contributed by atoms with Crippen molar-refractivity contribution >= 4 is 5.69 Å². The number of aliphatic hydroxyl groups excluding tert-OH is 3. The summed E-state index contributed by atoms with van der Waals surface area (Å²) in [5.74, 6) is 0. The zero-order valence-corrected chi connectivity index (χ0v) is 8.65. The molecule has 4 atom stereocenters. The molecule has 17 heavy (non-hydrogen) atoms. The Bertz CT molecular complexity index is 438. The first kappa shape index (κ1) is 11.9. The van der Waals surface area contributed by atoms with Crippen LogP contribution in [0.3, 0.4) is 0 Å². The fraction of sp³-hybridized carbons (Fsp3) is 0.625. The quantitative estimate of drug-likeness (QED) is 0.379. The first-order valence-electron chi connectivity index (χ1n) is 4.93. The summed E-state index contributed by atoms with van der Waals surface area (Å²) in [7, 11) is 0. The number of H-pyrrole nitrogens is 1. The van der Waals surface area contributed by atoms with Crippen molar-refractivity contribution in [1.82, 2.24) is 15.4 Å². The monoisotopic (exact) mass is 244 g/mol. The van der Waals surface area contributed by atoms with Crippen LogP contribution in [0, 0.1) is 0 Å². The van der Waals surface area contributed by atoms with E-state index in [1.165, 1.54) is 0 Å². The van der Waals surface area contributed by atoms with E-state index >= 15 is 0 Å². The molecule has 0 bridgehead atoms. The molecule has 0 aliphatic carbocycles. The highest BCUT2D eigenvalue weighted by molar-refractivity contribution is 5.38. The number of aromatic amines is 1. The molecule has 2 rings (SSSR count). The van der Waals surface area contributed by atoms with Crippen LogP contribution in [-0.4, -0.2) is 61.9 Å². The summed E-state index contributed by atoms with van der Waals surface area (Å²) in [4.78, 5) is 11.3. The van der Waals surface area contributed by atoms with E-state index in [2.05, 4.69) is 20.7 Å². The maximum absolute atomic E-state index is 11.3. The van der Waals surface area contributed by atoms with Gasteiger partial charge in [-0.2, -0.15) is 0 Å². The summed E-state index contributed by atoms with van der Waals surface area (Å²) in [6, 6.07) is 0. The summed E-state index contributed by atoms with van der Waals surface area (Å²) in [6.07, 6.45) is -3.19. The minimum Gasteiger partial charge on any atom is -0.394 e. The third-order valence-corrected chi connectivity index (χ3v) is 2.48. The molecule has 1 fully saturated rings. The van der Waals surface area contributed by atoms with Crippen molar-refractivity contribution in [3.05, 3.63) is 16.6 Å². The van der Waals surface area contributed by atoms with Crippen molar-refractivity contribution < 1.29 is 20.1 Å². The number of nitrogens with one attached hydrogen (secondary N) is 2. The molecule has 0 spiro atoms. The number of aromatic nitrogens is 3. The van der Waals surface area contributed by atoms with Crippen molar-refractivity contribution in [3.8, 4) is 0 Å². The number of rotatable bonds is 3. The van der Waals surface area contributed by atoms with Crippen LogP contribution in [0.4, 0.5) is 5.69 Å². The smallest absolute Gasteiger partial charge is 0.290 e. The van der Waals surface area contributed by atoms with E-state index in [0.29, 0.717) is 0 Å². The molecule has 1 aromatic heterocycles. The van der Waals surface area contributed by atoms with Crippen LogP contribution in [-0.2, 0) is 4.74 Å². The average Bonchev–Trinajstić information content (AvgIpc) is 2.60. The van der Waals surface area contributed by atoms with Crippen LogP contribution in [0.5, 0.6) is 0 Å². The van der Waals surface area contributed by atoms with E-state index in [1.807, 2.05) is 0 Å². The molecule has 0 aromatic carbocycles. The van der Waals surface area contributed by atoms with Gasteiger partial charge in [-0.05, 0) is 0 Å². The Labute approximate surface area is 95.1 Å². The SMILES string of the molecule is O=c1[nH]nncc1NC1O[C@H](CO)[C@@H](O)[C@H]1O. The largest absolute Gasteiger partial charge is 0.394 e. The lowest BCUT2D eigenvalue weighted by Gasteiger charge is -2.16. The Hall–Kier alpha value is -1.55. The Balaban J connectivity index is 2.10. The Morgan fingerprint density at radius 3 is 2.82 bits per heavy atom. The van der Waals surface area contributed by atoms with E-state index in [-0.39, 0.29) is 5.69 Å². The van der Waals surface area contributed by atoms with Gasteiger partial charge in [0.15, 0.2) is 6.23 Å². The standard InChI is InChI=1S/C8H12N4O5/c13-2-4-5(14)6(15)8(17-4)10-3-1-9-12-11-7(3)16/h1,4-6,8,13-15H,2H2,(H,10,12)(H,9,11,16)/t4-,5-,6-,8?/m1/s1. The van der Waals surface area contributed by atoms with E-state index in [9.17, 15) is 15.0 Å². The van der Waals surface area contributed by atoms with Gasteiger partial charge in [0.25, 0.3) is 5.56 Å². The van der Waals surface area contributed by atoms with Crippen molar-refractivity contribution in [1.29, 1.82) is 0 Å². The molecule has 0 saturated carbocycles. The number of nitrogens with zero attached hydrogens (tertiary/aromatic N) is 2. The predicted molar refractivity (Wildman–Crippen MR) is 54.0 cm³/mol. The minimum atomic E-state index is -1.25. The highest BCUT2D eigenvalue weighted by Gasteiger charge is 2.42. The average molecular weight is 244 g/mol. The van der Waals surface area contributed by atoms with Gasteiger partial charge < -0.3 is 25.4 Å². The molecule has 1 saturated heterocycles. The van der Waals surface area contributed by atoms with Gasteiger partial charge in [0.1, 0.15) is 24.0 Å². The van der Waals surface area contributed by atoms with Crippen molar-refractivity contribution in [2.24, 2.45) is 0 Å². The number of ether oxygens (including phenoxy) is 1. The lowest BCUT2D eigenvalue weighted by Crippen LogP contribution is -2.37. The van der Waals surface area contributed by atoms with Crippen LogP contribution in [0.25, 0.3) is 0 Å². The number of hydrogen-bond acceptors (Lipinski definition) is 8.